The highest BCUT2D eigenvalue weighted by atomic mass is 16.8. The van der Waals surface area contributed by atoms with Crippen LogP contribution in [0, 0.1) is 0 Å². The number of rotatable bonds is 24. The van der Waals surface area contributed by atoms with Crippen LogP contribution in [0.2, 0.25) is 0 Å². The molecule has 3 N–H and O–H groups in total. The number of hydrogen-bond donors (Lipinski definition) is 3. The van der Waals surface area contributed by atoms with Crippen LogP contribution in [-0.4, -0.2) is 116 Å². The van der Waals surface area contributed by atoms with Gasteiger partial charge in [-0.2, -0.15) is 0 Å². The summed E-state index contributed by atoms with van der Waals surface area (Å²) in [6.45, 7) is 3.47. The van der Waals surface area contributed by atoms with Crippen LogP contribution in [0.25, 0.3) is 11.1 Å². The fraction of sp³-hybridized carbons (Fsp3) is 0.338. The molecule has 2 amide bonds. The van der Waals surface area contributed by atoms with Gasteiger partial charge in [-0.15, -0.1) is 0 Å². The van der Waals surface area contributed by atoms with E-state index in [-0.39, 0.29) is 52.2 Å². The van der Waals surface area contributed by atoms with Crippen molar-refractivity contribution in [3.63, 3.8) is 0 Å². The summed E-state index contributed by atoms with van der Waals surface area (Å²) in [5.41, 5.74) is 8.41. The minimum Gasteiger partial charge on any atom is -0.480 e. The Kier molecular flexibility index (Phi) is 19.8. The molecular weight excluding hydrogens is 1080 g/mol. The highest BCUT2D eigenvalue weighted by molar-refractivity contribution is 5.81. The summed E-state index contributed by atoms with van der Waals surface area (Å²) in [5.74, 6) is -2.18. The molecule has 0 spiro atoms. The van der Waals surface area contributed by atoms with Gasteiger partial charge in [-0.1, -0.05) is 200 Å². The van der Waals surface area contributed by atoms with Gasteiger partial charge in [-0.05, 0) is 51.4 Å². The number of carboxylic acid groups (broad SMARTS) is 1. The van der Waals surface area contributed by atoms with Gasteiger partial charge in [-0.25, -0.2) is 9.59 Å². The van der Waals surface area contributed by atoms with Gasteiger partial charge in [0, 0.05) is 18.4 Å². The van der Waals surface area contributed by atoms with Crippen molar-refractivity contribution in [1.82, 2.24) is 10.6 Å². The second kappa shape index (κ2) is 28.5. The molecule has 4 aliphatic rings. The number of benzene rings is 7. The molecule has 7 aromatic carbocycles. The molecule has 1 unspecified atom stereocenters. The summed E-state index contributed by atoms with van der Waals surface area (Å²) in [7, 11) is 0. The number of carbonyl (C=O) groups excluding carboxylic acids is 2. The minimum absolute atomic E-state index is 0.0245. The first kappa shape index (κ1) is 59.1. The van der Waals surface area contributed by atoms with Crippen molar-refractivity contribution in [2.75, 3.05) is 19.8 Å². The fourth-order valence-corrected chi connectivity index (χ4v) is 11.5. The topological polar surface area (TPSA) is 197 Å². The van der Waals surface area contributed by atoms with Crippen molar-refractivity contribution in [3.8, 4) is 11.1 Å². The second-order valence-electron chi connectivity index (χ2n) is 21.5. The summed E-state index contributed by atoms with van der Waals surface area (Å²) in [4.78, 5) is 40.6. The van der Waals surface area contributed by atoms with Crippen molar-refractivity contribution >= 4 is 18.0 Å². The quantitative estimate of drug-likeness (QED) is 0.0517. The van der Waals surface area contributed by atoms with Crippen LogP contribution in [0.3, 0.4) is 0 Å². The first-order chi connectivity index (χ1) is 41.6. The van der Waals surface area contributed by atoms with E-state index in [0.29, 0.717) is 5.56 Å². The lowest BCUT2D eigenvalue weighted by Gasteiger charge is -2.52. The number of nitrogens with one attached hydrogen (secondary N) is 2. The lowest BCUT2D eigenvalue weighted by molar-refractivity contribution is -0.386. The highest BCUT2D eigenvalue weighted by Crippen LogP contribution is 2.45. The molecule has 13 atom stereocenters. The SMILES string of the molecule is CC(=O)N[C@H]1[C@@H](O[C@H](C)[C@H](NC(=O)OCC2c3ccccc3-c3ccccc32)C(=O)O)O[C@@H]2COC(c3ccccc3)O[C@@H]2[C@@H]1O[C@@H]1O[C@H](COCc2ccccc2)[C@H](OCc2ccccc2)[C@H](OCc2ccccc2)[C@H]1OCc1ccccc1. The molecule has 1 aliphatic carbocycles. The van der Waals surface area contributed by atoms with Crippen LogP contribution in [0.1, 0.15) is 65.0 Å². The monoisotopic (exact) mass is 1150 g/mol. The number of carboxylic acids is 1. The second-order valence-corrected chi connectivity index (χ2v) is 21.5. The molecular formula is C68H70N2O15. The van der Waals surface area contributed by atoms with E-state index in [0.717, 1.165) is 44.5 Å². The summed E-state index contributed by atoms with van der Waals surface area (Å²) >= 11 is 0. The molecule has 85 heavy (non-hydrogen) atoms. The number of alkyl carbamates (subject to hydrolysis) is 1. The van der Waals surface area contributed by atoms with Crippen molar-refractivity contribution < 1.29 is 71.6 Å². The van der Waals surface area contributed by atoms with E-state index in [1.165, 1.54) is 13.8 Å². The molecule has 3 fully saturated rings. The maximum Gasteiger partial charge on any atom is 0.407 e. The average molecular weight is 1160 g/mol. The van der Waals surface area contributed by atoms with Gasteiger partial charge in [-0.3, -0.25) is 4.79 Å². The molecule has 0 radical (unpaired) electrons. The molecule has 0 bridgehead atoms. The summed E-state index contributed by atoms with van der Waals surface area (Å²) < 4.78 is 74.4. The Morgan fingerprint density at radius 2 is 1.07 bits per heavy atom. The lowest BCUT2D eigenvalue weighted by atomic mass is 9.94. The minimum atomic E-state index is -1.67. The molecule has 0 saturated carbocycles. The average Bonchev–Trinajstić information content (AvgIpc) is 2.74. The smallest absolute Gasteiger partial charge is 0.407 e. The van der Waals surface area contributed by atoms with E-state index < -0.39 is 97.8 Å². The van der Waals surface area contributed by atoms with Gasteiger partial charge in [0.1, 0.15) is 55.4 Å². The highest BCUT2D eigenvalue weighted by Gasteiger charge is 2.56. The number of amides is 2. The predicted octanol–water partition coefficient (Wildman–Crippen LogP) is 9.81. The first-order valence-corrected chi connectivity index (χ1v) is 28.8. The van der Waals surface area contributed by atoms with Crippen molar-refractivity contribution in [2.24, 2.45) is 0 Å². The van der Waals surface area contributed by atoms with Crippen molar-refractivity contribution in [2.45, 2.75) is 126 Å². The predicted molar refractivity (Wildman–Crippen MR) is 311 cm³/mol. The van der Waals surface area contributed by atoms with Crippen LogP contribution in [0.5, 0.6) is 0 Å². The standard InChI is InChI=1S/C68H70N2O15/c1-43(57(64(72)73)70-68(74)80-40-54-52-34-20-18-32-50(52)51-33-19-21-35-53(51)54)81-66-58(69-44(2)71)61(60-56(82-66)42-79-65(84-60)49-30-16-7-17-31-49)85-67-63(78-39-48-28-14-6-15-29-48)62(77-38-47-26-12-5-13-27-47)59(76-37-46-24-10-4-11-25-46)55(83-67)41-75-36-45-22-8-3-9-23-45/h3-35,43,54-63,65-67H,36-42H2,1-2H3,(H,69,71)(H,70,74)(H,72,73)/t43-,55-,56-,57+,58-,59+,60+,61-,62+,63-,65?,66+,67+/m1/s1. The summed E-state index contributed by atoms with van der Waals surface area (Å²) in [6.07, 6.45) is -12.7. The Morgan fingerprint density at radius 1 is 0.565 bits per heavy atom. The molecule has 3 saturated heterocycles. The maximum atomic E-state index is 13.7. The third-order valence-electron chi connectivity index (χ3n) is 15.6. The number of ether oxygens (including phenoxy) is 11. The van der Waals surface area contributed by atoms with Crippen LogP contribution < -0.4 is 10.6 Å². The van der Waals surface area contributed by atoms with Gasteiger partial charge in [0.25, 0.3) is 0 Å². The van der Waals surface area contributed by atoms with Gasteiger partial charge < -0.3 is 67.8 Å². The van der Waals surface area contributed by atoms with Crippen LogP contribution in [-0.2, 0) is 88.1 Å². The zero-order valence-corrected chi connectivity index (χ0v) is 47.2. The Balaban J connectivity index is 0.921. The Bertz CT molecular complexity index is 3210. The molecule has 3 aliphatic heterocycles. The first-order valence-electron chi connectivity index (χ1n) is 28.8. The van der Waals surface area contributed by atoms with E-state index >= 15 is 0 Å². The largest absolute Gasteiger partial charge is 0.480 e. The number of aliphatic carboxylic acids is 1. The lowest BCUT2D eigenvalue weighted by Crippen LogP contribution is -2.70. The van der Waals surface area contributed by atoms with Crippen LogP contribution in [0.15, 0.2) is 200 Å². The molecule has 7 aromatic rings. The molecule has 11 rings (SSSR count). The molecule has 3 heterocycles. The van der Waals surface area contributed by atoms with Gasteiger partial charge in [0.15, 0.2) is 24.9 Å². The Labute approximate surface area is 494 Å². The number of hydrogen-bond acceptors (Lipinski definition) is 14. The Morgan fingerprint density at radius 3 is 1.62 bits per heavy atom. The van der Waals surface area contributed by atoms with E-state index in [9.17, 15) is 19.5 Å². The molecule has 17 heteroatoms. The zero-order chi connectivity index (χ0) is 58.5. The van der Waals surface area contributed by atoms with E-state index in [1.54, 1.807) is 0 Å². The zero-order valence-electron chi connectivity index (χ0n) is 47.2. The van der Waals surface area contributed by atoms with Gasteiger partial charge >= 0.3 is 12.1 Å². The molecule has 442 valence electrons. The Hall–Kier alpha value is -7.65. The van der Waals surface area contributed by atoms with Crippen molar-refractivity contribution in [1.29, 1.82) is 0 Å². The molecule has 0 aromatic heterocycles. The molecule has 17 nitrogen and oxygen atoms in total. The normalized spacial score (nSPS) is 25.1. The van der Waals surface area contributed by atoms with Crippen LogP contribution >= 0.6 is 0 Å². The maximum absolute atomic E-state index is 13.7. The van der Waals surface area contributed by atoms with E-state index in [1.807, 2.05) is 200 Å². The third-order valence-corrected chi connectivity index (χ3v) is 15.6. The van der Waals surface area contributed by atoms with Crippen molar-refractivity contribution in [3.05, 3.63) is 239 Å². The van der Waals surface area contributed by atoms with Crippen LogP contribution in [0.4, 0.5) is 4.79 Å². The fourth-order valence-electron chi connectivity index (χ4n) is 11.5. The number of carbonyl (C=O) groups is 3. The van der Waals surface area contributed by atoms with E-state index in [2.05, 4.69) is 10.6 Å². The summed E-state index contributed by atoms with van der Waals surface area (Å²) in [5, 5.41) is 16.3. The summed E-state index contributed by atoms with van der Waals surface area (Å²) in [6, 6.07) is 61.3. The van der Waals surface area contributed by atoms with E-state index in [4.69, 9.17) is 52.1 Å². The van der Waals surface area contributed by atoms with Gasteiger partial charge in [0.2, 0.25) is 5.91 Å². The third kappa shape index (κ3) is 14.7. The van der Waals surface area contributed by atoms with Gasteiger partial charge in [0.05, 0.1) is 45.7 Å². The number of fused-ring (bicyclic) bond motifs is 4.